The van der Waals surface area contributed by atoms with E-state index in [-0.39, 0.29) is 6.10 Å². The van der Waals surface area contributed by atoms with Gasteiger partial charge in [0.15, 0.2) is 17.6 Å². The Kier molecular flexibility index (Phi) is 6.70. The zero-order valence-electron chi connectivity index (χ0n) is 14.8. The van der Waals surface area contributed by atoms with Gasteiger partial charge in [0.2, 0.25) is 0 Å². The van der Waals surface area contributed by atoms with E-state index in [1.54, 1.807) is 12.1 Å². The lowest BCUT2D eigenvalue weighted by molar-refractivity contribution is -0.0267. The first kappa shape index (κ1) is 18.6. The van der Waals surface area contributed by atoms with Crippen molar-refractivity contribution in [1.29, 1.82) is 0 Å². The van der Waals surface area contributed by atoms with Crippen molar-refractivity contribution in [2.75, 3.05) is 45.1 Å². The summed E-state index contributed by atoms with van der Waals surface area (Å²) in [7, 11) is -1.00. The molecule has 7 heteroatoms. The standard InChI is InChI=1S/C18H28N2O4S/c1-2-3-10-25(22)14-4-5-16-17(11-14)23-13-18(24-16)15(21)12-20-8-6-19-7-9-20/h4-5,11,15,18-19,21H,2-3,6-10,12-13H2,1H3. The van der Waals surface area contributed by atoms with Gasteiger partial charge in [0.05, 0.1) is 10.8 Å². The lowest BCUT2D eigenvalue weighted by atomic mass is 10.1. The lowest BCUT2D eigenvalue weighted by Crippen LogP contribution is -2.51. The fourth-order valence-electron chi connectivity index (χ4n) is 3.07. The Hall–Kier alpha value is -1.15. The maximum absolute atomic E-state index is 12.2. The SMILES string of the molecule is CCCCS(=O)c1ccc2c(c1)OCC(C(O)CN1CCNCC1)O2. The molecule has 0 amide bonds. The Labute approximate surface area is 152 Å². The van der Waals surface area contributed by atoms with Gasteiger partial charge in [0.1, 0.15) is 12.7 Å². The maximum atomic E-state index is 12.2. The van der Waals surface area contributed by atoms with E-state index >= 15 is 0 Å². The minimum absolute atomic E-state index is 0.311. The second-order valence-electron chi connectivity index (χ2n) is 6.60. The summed E-state index contributed by atoms with van der Waals surface area (Å²) in [5, 5.41) is 13.8. The molecule has 2 N–H and O–H groups in total. The van der Waals surface area contributed by atoms with Crippen LogP contribution in [-0.2, 0) is 10.8 Å². The van der Waals surface area contributed by atoms with Gasteiger partial charge in [-0.1, -0.05) is 13.3 Å². The van der Waals surface area contributed by atoms with Crippen LogP contribution in [0.2, 0.25) is 0 Å². The molecule has 1 aromatic rings. The minimum Gasteiger partial charge on any atom is -0.486 e. The molecular formula is C18H28N2O4S. The van der Waals surface area contributed by atoms with Crippen LogP contribution < -0.4 is 14.8 Å². The van der Waals surface area contributed by atoms with E-state index in [1.807, 2.05) is 6.07 Å². The smallest absolute Gasteiger partial charge is 0.162 e. The van der Waals surface area contributed by atoms with Crippen molar-refractivity contribution in [1.82, 2.24) is 10.2 Å². The highest BCUT2D eigenvalue weighted by Crippen LogP contribution is 2.34. The number of nitrogens with one attached hydrogen (secondary N) is 1. The number of unbranched alkanes of at least 4 members (excludes halogenated alkanes) is 1. The minimum atomic E-state index is -1.00. The zero-order valence-corrected chi connectivity index (χ0v) is 15.6. The van der Waals surface area contributed by atoms with Gasteiger partial charge in [-0.3, -0.25) is 9.11 Å². The van der Waals surface area contributed by atoms with Gasteiger partial charge in [0, 0.05) is 49.4 Å². The fourth-order valence-corrected chi connectivity index (χ4v) is 4.31. The maximum Gasteiger partial charge on any atom is 0.162 e. The molecular weight excluding hydrogens is 340 g/mol. The number of aliphatic hydroxyl groups excluding tert-OH is 1. The van der Waals surface area contributed by atoms with Gasteiger partial charge in [-0.2, -0.15) is 0 Å². The Morgan fingerprint density at radius 3 is 2.92 bits per heavy atom. The Morgan fingerprint density at radius 1 is 1.36 bits per heavy atom. The van der Waals surface area contributed by atoms with E-state index in [0.717, 1.165) is 43.9 Å². The number of piperazine rings is 1. The third-order valence-electron chi connectivity index (χ3n) is 4.63. The van der Waals surface area contributed by atoms with Gasteiger partial charge in [-0.25, -0.2) is 0 Å². The average Bonchev–Trinajstić information content (AvgIpc) is 2.66. The number of hydrogen-bond acceptors (Lipinski definition) is 6. The molecule has 0 aliphatic carbocycles. The number of nitrogens with zero attached hydrogens (tertiary/aromatic N) is 1. The van der Waals surface area contributed by atoms with Gasteiger partial charge in [0.25, 0.3) is 0 Å². The summed E-state index contributed by atoms with van der Waals surface area (Å²) in [6.45, 7) is 6.77. The summed E-state index contributed by atoms with van der Waals surface area (Å²) >= 11 is 0. The highest BCUT2D eigenvalue weighted by atomic mass is 32.2. The number of hydrogen-bond donors (Lipinski definition) is 2. The summed E-state index contributed by atoms with van der Waals surface area (Å²) in [6, 6.07) is 5.44. The number of β-amino-alcohol motifs (C(OH)–C–C–N with tert-alkyl or cyclic N) is 1. The van der Waals surface area contributed by atoms with Crippen LogP contribution in [0.4, 0.5) is 0 Å². The summed E-state index contributed by atoms with van der Waals surface area (Å²) in [4.78, 5) is 3.01. The van der Waals surface area contributed by atoms with Crippen LogP contribution in [0.1, 0.15) is 19.8 Å². The number of aliphatic hydroxyl groups is 1. The van der Waals surface area contributed by atoms with Crippen LogP contribution in [0.5, 0.6) is 11.5 Å². The number of fused-ring (bicyclic) bond motifs is 1. The van der Waals surface area contributed by atoms with Crippen LogP contribution in [0.3, 0.4) is 0 Å². The first-order chi connectivity index (χ1) is 12.2. The molecule has 3 unspecified atom stereocenters. The molecule has 1 saturated heterocycles. The highest BCUT2D eigenvalue weighted by Gasteiger charge is 2.29. The van der Waals surface area contributed by atoms with Crippen molar-refractivity contribution >= 4 is 10.8 Å². The van der Waals surface area contributed by atoms with E-state index in [0.29, 0.717) is 30.4 Å². The topological polar surface area (TPSA) is 71.0 Å². The first-order valence-corrected chi connectivity index (χ1v) is 10.4. The fraction of sp³-hybridized carbons (Fsp3) is 0.667. The van der Waals surface area contributed by atoms with Crippen molar-refractivity contribution < 1.29 is 18.8 Å². The summed E-state index contributed by atoms with van der Waals surface area (Å²) in [5.41, 5.74) is 0. The van der Waals surface area contributed by atoms with E-state index < -0.39 is 16.9 Å². The second-order valence-corrected chi connectivity index (χ2v) is 8.17. The molecule has 1 fully saturated rings. The van der Waals surface area contributed by atoms with E-state index in [4.69, 9.17) is 9.47 Å². The zero-order chi connectivity index (χ0) is 17.6. The molecule has 3 atom stereocenters. The van der Waals surface area contributed by atoms with Crippen molar-refractivity contribution in [3.8, 4) is 11.5 Å². The first-order valence-electron chi connectivity index (χ1n) is 9.10. The molecule has 2 aliphatic heterocycles. The summed E-state index contributed by atoms with van der Waals surface area (Å²) < 4.78 is 24.0. The molecule has 2 heterocycles. The predicted molar refractivity (Wildman–Crippen MR) is 97.9 cm³/mol. The quantitative estimate of drug-likeness (QED) is 0.748. The molecule has 0 bridgehead atoms. The Balaban J connectivity index is 1.58. The molecule has 0 aromatic heterocycles. The molecule has 2 aliphatic rings. The Bertz CT molecular complexity index is 592. The van der Waals surface area contributed by atoms with Gasteiger partial charge < -0.3 is 19.9 Å². The molecule has 3 rings (SSSR count). The lowest BCUT2D eigenvalue weighted by Gasteiger charge is -2.34. The van der Waals surface area contributed by atoms with E-state index in [9.17, 15) is 9.32 Å². The molecule has 0 spiro atoms. The molecule has 6 nitrogen and oxygen atoms in total. The van der Waals surface area contributed by atoms with Crippen LogP contribution in [0, 0.1) is 0 Å². The Morgan fingerprint density at radius 2 is 2.16 bits per heavy atom. The van der Waals surface area contributed by atoms with Gasteiger partial charge in [-0.15, -0.1) is 0 Å². The molecule has 25 heavy (non-hydrogen) atoms. The van der Waals surface area contributed by atoms with Gasteiger partial charge in [-0.05, 0) is 18.6 Å². The molecule has 140 valence electrons. The van der Waals surface area contributed by atoms with Gasteiger partial charge >= 0.3 is 0 Å². The third kappa shape index (κ3) is 4.94. The largest absolute Gasteiger partial charge is 0.486 e. The summed E-state index contributed by atoms with van der Waals surface area (Å²) in [6.07, 6.45) is 1.01. The number of rotatable bonds is 7. The predicted octanol–water partition coefficient (Wildman–Crippen LogP) is 1.00. The average molecular weight is 368 g/mol. The monoisotopic (exact) mass is 368 g/mol. The van der Waals surface area contributed by atoms with E-state index in [1.165, 1.54) is 0 Å². The number of ether oxygens (including phenoxy) is 2. The van der Waals surface area contributed by atoms with Crippen molar-refractivity contribution in [3.05, 3.63) is 18.2 Å². The van der Waals surface area contributed by atoms with E-state index in [2.05, 4.69) is 17.1 Å². The second kappa shape index (κ2) is 8.98. The molecule has 1 aromatic carbocycles. The molecule has 0 saturated carbocycles. The number of benzene rings is 1. The summed E-state index contributed by atoms with van der Waals surface area (Å²) in [5.74, 6) is 1.90. The van der Waals surface area contributed by atoms with Crippen LogP contribution >= 0.6 is 0 Å². The van der Waals surface area contributed by atoms with Crippen LogP contribution in [0.15, 0.2) is 23.1 Å². The van der Waals surface area contributed by atoms with Crippen molar-refractivity contribution in [2.24, 2.45) is 0 Å². The van der Waals surface area contributed by atoms with Crippen LogP contribution in [-0.4, -0.2) is 71.5 Å². The van der Waals surface area contributed by atoms with Crippen LogP contribution in [0.25, 0.3) is 0 Å². The molecule has 0 radical (unpaired) electrons. The van der Waals surface area contributed by atoms with Crippen molar-refractivity contribution in [3.63, 3.8) is 0 Å². The highest BCUT2D eigenvalue weighted by molar-refractivity contribution is 7.85. The third-order valence-corrected chi connectivity index (χ3v) is 6.07. The van der Waals surface area contributed by atoms with Crippen molar-refractivity contribution in [2.45, 2.75) is 36.9 Å². The normalized spacial score (nSPS) is 23.2.